The molecule has 0 bridgehead atoms. The quantitative estimate of drug-likeness (QED) is 0.0273. The third-order valence-corrected chi connectivity index (χ3v) is 12.2. The highest BCUT2D eigenvalue weighted by atomic mass is 31.2. The van der Waals surface area contributed by atoms with E-state index in [-0.39, 0.29) is 12.5 Å². The van der Waals surface area contributed by atoms with Gasteiger partial charge in [0.25, 0.3) is 7.82 Å². The number of nitrogens with zero attached hydrogens (tertiary/aromatic N) is 1. The first kappa shape index (κ1) is 59.5. The Bertz CT molecular complexity index is 1130. The van der Waals surface area contributed by atoms with E-state index in [9.17, 15) is 19.4 Å². The second kappa shape index (κ2) is 43.7. The van der Waals surface area contributed by atoms with Gasteiger partial charge in [-0.3, -0.25) is 9.36 Å². The number of carbonyl (C=O) groups is 1. The fourth-order valence-electron chi connectivity index (χ4n) is 7.20. The molecule has 0 saturated heterocycles. The van der Waals surface area contributed by atoms with E-state index < -0.39 is 26.6 Å². The molecule has 61 heavy (non-hydrogen) atoms. The first-order valence-corrected chi connectivity index (χ1v) is 27.0. The summed E-state index contributed by atoms with van der Waals surface area (Å²) in [5.74, 6) is -0.215. The van der Waals surface area contributed by atoms with Gasteiger partial charge in [0.05, 0.1) is 39.9 Å². The van der Waals surface area contributed by atoms with E-state index >= 15 is 0 Å². The monoisotopic (exact) mass is 879 g/mol. The van der Waals surface area contributed by atoms with Gasteiger partial charge in [-0.15, -0.1) is 0 Å². The Balaban J connectivity index is 4.38. The van der Waals surface area contributed by atoms with Crippen LogP contribution < -0.4 is 10.2 Å². The molecule has 2 N–H and O–H groups in total. The summed E-state index contributed by atoms with van der Waals surface area (Å²) in [5, 5.41) is 13.8. The predicted octanol–water partition coefficient (Wildman–Crippen LogP) is 14.2. The summed E-state index contributed by atoms with van der Waals surface area (Å²) in [5.41, 5.74) is 0. The largest absolute Gasteiger partial charge is 0.756 e. The lowest BCUT2D eigenvalue weighted by molar-refractivity contribution is -0.870. The van der Waals surface area contributed by atoms with Crippen molar-refractivity contribution in [3.8, 4) is 0 Å². The van der Waals surface area contributed by atoms with E-state index in [1.807, 2.05) is 27.2 Å². The molecular weight excluding hydrogens is 780 g/mol. The van der Waals surface area contributed by atoms with Crippen LogP contribution in [-0.2, 0) is 18.4 Å². The van der Waals surface area contributed by atoms with Crippen molar-refractivity contribution >= 4 is 13.7 Å². The highest BCUT2D eigenvalue weighted by Gasteiger charge is 2.23. The van der Waals surface area contributed by atoms with Crippen molar-refractivity contribution < 1.29 is 32.9 Å². The maximum Gasteiger partial charge on any atom is 0.268 e. The third-order valence-electron chi connectivity index (χ3n) is 11.3. The Labute approximate surface area is 378 Å². The fourth-order valence-corrected chi connectivity index (χ4v) is 7.92. The molecule has 0 aliphatic heterocycles. The van der Waals surface area contributed by atoms with Gasteiger partial charge in [-0.1, -0.05) is 204 Å². The number of phosphoric ester groups is 1. The number of likely N-dealkylation sites (N-methyl/N-ethyl adjacent to an activating group) is 1. The van der Waals surface area contributed by atoms with E-state index in [1.165, 1.54) is 148 Å². The number of hydrogen-bond donors (Lipinski definition) is 2. The van der Waals surface area contributed by atoms with Crippen molar-refractivity contribution in [2.75, 3.05) is 40.9 Å². The smallest absolute Gasteiger partial charge is 0.268 e. The average Bonchev–Trinajstić information content (AvgIpc) is 3.21. The van der Waals surface area contributed by atoms with Gasteiger partial charge in [0.15, 0.2) is 0 Å². The van der Waals surface area contributed by atoms with Crippen LogP contribution in [0.1, 0.15) is 226 Å². The first-order valence-electron chi connectivity index (χ1n) is 25.5. The minimum absolute atomic E-state index is 0.00899. The van der Waals surface area contributed by atoms with E-state index in [2.05, 4.69) is 55.6 Å². The number of phosphoric acid groups is 1. The number of aliphatic hydroxyl groups excluding tert-OH is 1. The van der Waals surface area contributed by atoms with Crippen LogP contribution in [0.5, 0.6) is 0 Å². The van der Waals surface area contributed by atoms with Gasteiger partial charge in [0, 0.05) is 6.42 Å². The second-order valence-electron chi connectivity index (χ2n) is 18.5. The number of hydrogen-bond acceptors (Lipinski definition) is 6. The molecule has 0 aliphatic rings. The Morgan fingerprint density at radius 1 is 0.574 bits per heavy atom. The molecular formula is C52H99N2O6P. The maximum atomic E-state index is 12.9. The zero-order chi connectivity index (χ0) is 45.0. The lowest BCUT2D eigenvalue weighted by Crippen LogP contribution is -2.45. The molecule has 0 aliphatic carbocycles. The molecule has 0 rings (SSSR count). The molecule has 1 amide bonds. The zero-order valence-corrected chi connectivity index (χ0v) is 41.5. The van der Waals surface area contributed by atoms with Crippen molar-refractivity contribution in [2.24, 2.45) is 0 Å². The number of quaternary nitrogens is 1. The number of allylic oxidation sites excluding steroid dienone is 7. The molecule has 358 valence electrons. The van der Waals surface area contributed by atoms with Crippen LogP contribution in [-0.4, -0.2) is 68.5 Å². The van der Waals surface area contributed by atoms with Crippen molar-refractivity contribution in [1.82, 2.24) is 5.32 Å². The molecule has 0 spiro atoms. The molecule has 0 saturated carbocycles. The molecule has 9 heteroatoms. The molecule has 0 heterocycles. The Morgan fingerprint density at radius 2 is 0.967 bits per heavy atom. The van der Waals surface area contributed by atoms with Crippen LogP contribution in [0.4, 0.5) is 0 Å². The Hall–Kier alpha value is -1.54. The van der Waals surface area contributed by atoms with Crippen molar-refractivity contribution in [3.05, 3.63) is 48.6 Å². The lowest BCUT2D eigenvalue weighted by atomic mass is 10.0. The normalized spacial score (nSPS) is 14.5. The molecule has 0 aromatic rings. The number of rotatable bonds is 46. The van der Waals surface area contributed by atoms with Gasteiger partial charge in [-0.2, -0.15) is 0 Å². The summed E-state index contributed by atoms with van der Waals surface area (Å²) >= 11 is 0. The van der Waals surface area contributed by atoms with Gasteiger partial charge in [0.1, 0.15) is 13.2 Å². The standard InChI is InChI=1S/C52H99N2O6P/c1-6-8-10-12-14-16-18-20-22-24-26-27-28-29-31-33-35-37-39-41-43-45-51(55)50(49-60-61(57,58)59-48-47-54(3,4)5)53-52(56)46-44-42-40-38-36-34-32-30-25-23-21-19-17-15-13-11-9-7-2/h17,19,23,25,35,37,43,45,50-51,55H,6-16,18,20-22,24,26-34,36,38-42,44,46-49H2,1-5H3,(H-,53,56,57,58)/b19-17-,25-23-,37-35+,45-43+. The molecule has 0 aromatic heterocycles. The molecule has 0 fully saturated rings. The topological polar surface area (TPSA) is 108 Å². The maximum absolute atomic E-state index is 12.9. The zero-order valence-electron chi connectivity index (χ0n) is 40.6. The van der Waals surface area contributed by atoms with E-state index in [4.69, 9.17) is 9.05 Å². The van der Waals surface area contributed by atoms with Crippen molar-refractivity contribution in [2.45, 2.75) is 238 Å². The second-order valence-corrected chi connectivity index (χ2v) is 19.9. The molecule has 0 radical (unpaired) electrons. The van der Waals surface area contributed by atoms with Crippen LogP contribution in [0.15, 0.2) is 48.6 Å². The van der Waals surface area contributed by atoms with Crippen molar-refractivity contribution in [1.29, 1.82) is 0 Å². The van der Waals surface area contributed by atoms with Gasteiger partial charge >= 0.3 is 0 Å². The van der Waals surface area contributed by atoms with E-state index in [0.717, 1.165) is 57.8 Å². The number of carbonyl (C=O) groups excluding carboxylic acids is 1. The van der Waals surface area contributed by atoms with Crippen LogP contribution in [0.3, 0.4) is 0 Å². The summed E-state index contributed by atoms with van der Waals surface area (Å²) in [6.45, 7) is 4.61. The SMILES string of the molecule is CCCCCC/C=C\C/C=C\CCCCCCCCCC(=O)NC(COP(=O)([O-])OCC[N+](C)(C)C)C(O)/C=C/CC/C=C/CCCCCCCCCCCCCCCCC. The summed E-state index contributed by atoms with van der Waals surface area (Å²) in [7, 11) is 1.24. The number of amides is 1. The number of aliphatic hydroxyl groups is 1. The summed E-state index contributed by atoms with van der Waals surface area (Å²) < 4.78 is 23.3. The summed E-state index contributed by atoms with van der Waals surface area (Å²) in [4.78, 5) is 25.4. The van der Waals surface area contributed by atoms with Crippen LogP contribution in [0, 0.1) is 0 Å². The predicted molar refractivity (Wildman–Crippen MR) is 261 cm³/mol. The van der Waals surface area contributed by atoms with Gasteiger partial charge in [0.2, 0.25) is 5.91 Å². The van der Waals surface area contributed by atoms with Crippen LogP contribution in [0.25, 0.3) is 0 Å². The van der Waals surface area contributed by atoms with Crippen LogP contribution in [0.2, 0.25) is 0 Å². The summed E-state index contributed by atoms with van der Waals surface area (Å²) in [6, 6.07) is -0.908. The molecule has 3 unspecified atom stereocenters. The van der Waals surface area contributed by atoms with Gasteiger partial charge in [-0.25, -0.2) is 0 Å². The van der Waals surface area contributed by atoms with Gasteiger partial charge in [-0.05, 0) is 64.2 Å². The Kier molecular flexibility index (Phi) is 42.6. The third kappa shape index (κ3) is 46.3. The van der Waals surface area contributed by atoms with Crippen LogP contribution >= 0.6 is 7.82 Å². The highest BCUT2D eigenvalue weighted by Crippen LogP contribution is 2.38. The lowest BCUT2D eigenvalue weighted by Gasteiger charge is -2.29. The molecule has 3 atom stereocenters. The molecule has 0 aromatic carbocycles. The number of unbranched alkanes of at least 4 members (excludes halogenated alkanes) is 27. The summed E-state index contributed by atoms with van der Waals surface area (Å²) in [6.07, 6.45) is 56.0. The Morgan fingerprint density at radius 3 is 1.44 bits per heavy atom. The minimum atomic E-state index is -4.60. The number of nitrogens with one attached hydrogen (secondary N) is 1. The minimum Gasteiger partial charge on any atom is -0.756 e. The first-order chi connectivity index (χ1) is 29.5. The van der Waals surface area contributed by atoms with Crippen molar-refractivity contribution in [3.63, 3.8) is 0 Å². The fraction of sp³-hybridized carbons (Fsp3) is 0.827. The van der Waals surface area contributed by atoms with E-state index in [0.29, 0.717) is 17.4 Å². The molecule has 8 nitrogen and oxygen atoms in total. The van der Waals surface area contributed by atoms with E-state index in [1.54, 1.807) is 6.08 Å². The average molecular weight is 879 g/mol. The highest BCUT2D eigenvalue weighted by molar-refractivity contribution is 7.45. The van der Waals surface area contributed by atoms with Gasteiger partial charge < -0.3 is 28.8 Å².